The minimum atomic E-state index is -0.410. The first kappa shape index (κ1) is 18.4. The van der Waals surface area contributed by atoms with Crippen molar-refractivity contribution in [1.29, 1.82) is 0 Å². The Bertz CT molecular complexity index is 565. The molecule has 0 aromatic heterocycles. The molecule has 25 heavy (non-hydrogen) atoms. The maximum atomic E-state index is 13.3. The minimum Gasteiger partial charge on any atom is -0.396 e. The molecule has 1 aromatic rings. The van der Waals surface area contributed by atoms with E-state index in [1.807, 2.05) is 11.0 Å². The molecule has 1 atom stereocenters. The van der Waals surface area contributed by atoms with Crippen LogP contribution in [0.15, 0.2) is 30.3 Å². The summed E-state index contributed by atoms with van der Waals surface area (Å²) in [5, 5.41) is 9.62. The van der Waals surface area contributed by atoms with Crippen molar-refractivity contribution in [2.75, 3.05) is 52.9 Å². The van der Waals surface area contributed by atoms with Gasteiger partial charge in [-0.25, -0.2) is 0 Å². The number of nitrogens with zero attached hydrogens (tertiary/aromatic N) is 3. The highest BCUT2D eigenvalue weighted by atomic mass is 16.3. The third-order valence-electron chi connectivity index (χ3n) is 5.73. The first-order valence-corrected chi connectivity index (χ1v) is 9.48. The van der Waals surface area contributed by atoms with Gasteiger partial charge in [0.2, 0.25) is 5.91 Å². The maximum Gasteiger partial charge on any atom is 0.230 e. The molecular weight excluding hydrogens is 314 g/mol. The molecule has 2 saturated heterocycles. The fourth-order valence-electron chi connectivity index (χ4n) is 4.22. The molecule has 1 amide bonds. The van der Waals surface area contributed by atoms with Crippen LogP contribution in [0.3, 0.4) is 0 Å². The van der Waals surface area contributed by atoms with Gasteiger partial charge < -0.3 is 14.9 Å². The molecule has 5 nitrogen and oxygen atoms in total. The summed E-state index contributed by atoms with van der Waals surface area (Å²) < 4.78 is 0. The Morgan fingerprint density at radius 2 is 1.92 bits per heavy atom. The normalized spacial score (nSPS) is 25.9. The van der Waals surface area contributed by atoms with Crippen molar-refractivity contribution in [1.82, 2.24) is 14.7 Å². The van der Waals surface area contributed by atoms with Gasteiger partial charge in [-0.2, -0.15) is 0 Å². The molecule has 0 saturated carbocycles. The molecule has 1 aromatic carbocycles. The number of aliphatic hydroxyl groups excluding tert-OH is 1. The van der Waals surface area contributed by atoms with Gasteiger partial charge in [0.05, 0.1) is 5.41 Å². The van der Waals surface area contributed by atoms with E-state index in [0.29, 0.717) is 6.42 Å². The Hall–Kier alpha value is -1.43. The molecule has 0 radical (unpaired) electrons. The zero-order valence-corrected chi connectivity index (χ0v) is 15.4. The van der Waals surface area contributed by atoms with Crippen LogP contribution in [0.5, 0.6) is 0 Å². The van der Waals surface area contributed by atoms with E-state index >= 15 is 0 Å². The second-order valence-electron chi connectivity index (χ2n) is 7.65. The largest absolute Gasteiger partial charge is 0.396 e. The Balaban J connectivity index is 1.68. The van der Waals surface area contributed by atoms with Crippen LogP contribution >= 0.6 is 0 Å². The highest BCUT2D eigenvalue weighted by Crippen LogP contribution is 2.37. The number of carbonyl (C=O) groups is 1. The van der Waals surface area contributed by atoms with Crippen molar-refractivity contribution in [2.24, 2.45) is 5.41 Å². The molecule has 2 fully saturated rings. The van der Waals surface area contributed by atoms with Crippen LogP contribution in [0.25, 0.3) is 0 Å². The molecule has 1 N–H and O–H groups in total. The number of likely N-dealkylation sites (tertiary alicyclic amines) is 1. The maximum absolute atomic E-state index is 13.3. The SMILES string of the molecule is CN1CCCN(C(=O)C2(CCO)CCN(Cc3ccccc3)C2)CC1. The van der Waals surface area contributed by atoms with Gasteiger partial charge in [0.25, 0.3) is 0 Å². The summed E-state index contributed by atoms with van der Waals surface area (Å²) in [7, 11) is 2.12. The lowest BCUT2D eigenvalue weighted by Gasteiger charge is -2.34. The van der Waals surface area contributed by atoms with Gasteiger partial charge in [-0.3, -0.25) is 9.69 Å². The molecule has 2 aliphatic heterocycles. The van der Waals surface area contributed by atoms with Crippen LogP contribution in [-0.4, -0.2) is 78.6 Å². The first-order chi connectivity index (χ1) is 12.1. The number of likely N-dealkylation sites (N-methyl/N-ethyl adjacent to an activating group) is 1. The average Bonchev–Trinajstić information content (AvgIpc) is 2.89. The van der Waals surface area contributed by atoms with Crippen molar-refractivity contribution in [3.05, 3.63) is 35.9 Å². The molecule has 1 unspecified atom stereocenters. The van der Waals surface area contributed by atoms with Crippen LogP contribution in [-0.2, 0) is 11.3 Å². The first-order valence-electron chi connectivity index (χ1n) is 9.48. The fourth-order valence-corrected chi connectivity index (χ4v) is 4.22. The Kier molecular flexibility index (Phi) is 6.10. The van der Waals surface area contributed by atoms with Gasteiger partial charge >= 0.3 is 0 Å². The summed E-state index contributed by atoms with van der Waals surface area (Å²) in [6.07, 6.45) is 2.46. The number of carbonyl (C=O) groups excluding carboxylic acids is 1. The third kappa shape index (κ3) is 4.40. The van der Waals surface area contributed by atoms with E-state index in [1.165, 1.54) is 5.56 Å². The van der Waals surface area contributed by atoms with Gasteiger partial charge in [-0.15, -0.1) is 0 Å². The summed E-state index contributed by atoms with van der Waals surface area (Å²) in [4.78, 5) is 20.0. The molecular formula is C20H31N3O2. The fraction of sp³-hybridized carbons (Fsp3) is 0.650. The van der Waals surface area contributed by atoms with Crippen molar-refractivity contribution in [3.63, 3.8) is 0 Å². The van der Waals surface area contributed by atoms with Gasteiger partial charge in [0, 0.05) is 39.3 Å². The van der Waals surface area contributed by atoms with Gasteiger partial charge in [0.15, 0.2) is 0 Å². The second-order valence-corrected chi connectivity index (χ2v) is 7.65. The van der Waals surface area contributed by atoms with E-state index in [1.54, 1.807) is 0 Å². The molecule has 138 valence electrons. The van der Waals surface area contributed by atoms with Gasteiger partial charge in [0.1, 0.15) is 0 Å². The lowest BCUT2D eigenvalue weighted by molar-refractivity contribution is -0.142. The van der Waals surface area contributed by atoms with Crippen LogP contribution in [0.1, 0.15) is 24.8 Å². The lowest BCUT2D eigenvalue weighted by Crippen LogP contribution is -2.47. The van der Waals surface area contributed by atoms with E-state index in [-0.39, 0.29) is 12.5 Å². The summed E-state index contributed by atoms with van der Waals surface area (Å²) in [5.74, 6) is 0.257. The van der Waals surface area contributed by atoms with Crippen molar-refractivity contribution >= 4 is 5.91 Å². The van der Waals surface area contributed by atoms with E-state index in [0.717, 1.165) is 58.7 Å². The second kappa shape index (κ2) is 8.30. The summed E-state index contributed by atoms with van der Waals surface area (Å²) in [6, 6.07) is 10.4. The predicted molar refractivity (Wildman–Crippen MR) is 99.2 cm³/mol. The standard InChI is InChI=1S/C20H31N3O2/c1-21-10-5-11-23(14-13-21)19(25)20(9-15-24)8-12-22(17-20)16-18-6-3-2-4-7-18/h2-4,6-7,24H,5,8-17H2,1H3. The number of hydrogen-bond donors (Lipinski definition) is 1. The molecule has 0 spiro atoms. The zero-order chi connectivity index (χ0) is 17.7. The highest BCUT2D eigenvalue weighted by molar-refractivity contribution is 5.83. The Morgan fingerprint density at radius 3 is 2.68 bits per heavy atom. The topological polar surface area (TPSA) is 47.0 Å². The smallest absolute Gasteiger partial charge is 0.230 e. The lowest BCUT2D eigenvalue weighted by atomic mass is 9.82. The number of amides is 1. The quantitative estimate of drug-likeness (QED) is 0.877. The van der Waals surface area contributed by atoms with Crippen LogP contribution in [0.2, 0.25) is 0 Å². The number of hydrogen-bond acceptors (Lipinski definition) is 4. The summed E-state index contributed by atoms with van der Waals surface area (Å²) >= 11 is 0. The van der Waals surface area contributed by atoms with Crippen molar-refractivity contribution in [2.45, 2.75) is 25.8 Å². The zero-order valence-electron chi connectivity index (χ0n) is 15.4. The van der Waals surface area contributed by atoms with Gasteiger partial charge in [-0.05, 0) is 45.0 Å². The van der Waals surface area contributed by atoms with Gasteiger partial charge in [-0.1, -0.05) is 30.3 Å². The molecule has 3 rings (SSSR count). The Labute approximate surface area is 151 Å². The monoisotopic (exact) mass is 345 g/mol. The number of benzene rings is 1. The Morgan fingerprint density at radius 1 is 1.12 bits per heavy atom. The average molecular weight is 345 g/mol. The number of rotatable bonds is 5. The number of aliphatic hydroxyl groups is 1. The van der Waals surface area contributed by atoms with E-state index in [2.05, 4.69) is 41.1 Å². The molecule has 0 bridgehead atoms. The van der Waals surface area contributed by atoms with E-state index in [4.69, 9.17) is 0 Å². The van der Waals surface area contributed by atoms with Crippen LogP contribution in [0.4, 0.5) is 0 Å². The van der Waals surface area contributed by atoms with Crippen molar-refractivity contribution in [3.8, 4) is 0 Å². The summed E-state index contributed by atoms with van der Waals surface area (Å²) in [6.45, 7) is 6.28. The third-order valence-corrected chi connectivity index (χ3v) is 5.73. The predicted octanol–water partition coefficient (Wildman–Crippen LogP) is 1.43. The molecule has 5 heteroatoms. The molecule has 0 aliphatic carbocycles. The van der Waals surface area contributed by atoms with Crippen LogP contribution in [0, 0.1) is 5.41 Å². The van der Waals surface area contributed by atoms with Crippen LogP contribution < -0.4 is 0 Å². The van der Waals surface area contributed by atoms with E-state index in [9.17, 15) is 9.90 Å². The van der Waals surface area contributed by atoms with E-state index < -0.39 is 5.41 Å². The van der Waals surface area contributed by atoms with Crippen molar-refractivity contribution < 1.29 is 9.90 Å². The molecule has 2 aliphatic rings. The minimum absolute atomic E-state index is 0.0820. The highest BCUT2D eigenvalue weighted by Gasteiger charge is 2.46. The molecule has 2 heterocycles. The summed E-state index contributed by atoms with van der Waals surface area (Å²) in [5.41, 5.74) is 0.873.